The zero-order valence-corrected chi connectivity index (χ0v) is 14.6. The molecule has 2 aromatic heterocycles. The van der Waals surface area contributed by atoms with Gasteiger partial charge in [0.25, 0.3) is 5.56 Å². The van der Waals surface area contributed by atoms with Gasteiger partial charge in [0.2, 0.25) is 0 Å². The molecule has 1 aliphatic heterocycles. The second kappa shape index (κ2) is 7.12. The highest BCUT2D eigenvalue weighted by atomic mass is 32.2. The minimum absolute atomic E-state index is 0.00405. The van der Waals surface area contributed by atoms with Gasteiger partial charge < -0.3 is 9.72 Å². The first-order valence-electron chi connectivity index (χ1n) is 7.52. The third-order valence-corrected chi connectivity index (χ3v) is 6.03. The van der Waals surface area contributed by atoms with E-state index in [-0.39, 0.29) is 5.56 Å². The smallest absolute Gasteiger partial charge is 0.259 e. The molecule has 0 unspecified atom stereocenters. The number of aryl methyl sites for hydroxylation is 2. The van der Waals surface area contributed by atoms with E-state index in [1.807, 2.05) is 25.6 Å². The van der Waals surface area contributed by atoms with Crippen molar-refractivity contribution >= 4 is 33.3 Å². The second-order valence-electron chi connectivity index (χ2n) is 5.48. The molecule has 7 heteroatoms. The van der Waals surface area contributed by atoms with Crippen molar-refractivity contribution in [1.82, 2.24) is 14.9 Å². The van der Waals surface area contributed by atoms with Gasteiger partial charge in [-0.15, -0.1) is 11.3 Å². The highest BCUT2D eigenvalue weighted by molar-refractivity contribution is 7.98. The first-order valence-corrected chi connectivity index (χ1v) is 9.49. The zero-order valence-electron chi connectivity index (χ0n) is 13.0. The average Bonchev–Trinajstić information content (AvgIpc) is 2.80. The second-order valence-corrected chi connectivity index (χ2v) is 7.79. The van der Waals surface area contributed by atoms with Crippen LogP contribution in [0.3, 0.4) is 0 Å². The van der Waals surface area contributed by atoms with Gasteiger partial charge >= 0.3 is 0 Å². The number of rotatable bonds is 5. The van der Waals surface area contributed by atoms with E-state index in [1.54, 1.807) is 11.3 Å². The Morgan fingerprint density at radius 1 is 1.36 bits per heavy atom. The Morgan fingerprint density at radius 3 is 2.91 bits per heavy atom. The first kappa shape index (κ1) is 16.0. The number of fused-ring (bicyclic) bond motifs is 1. The van der Waals surface area contributed by atoms with Crippen molar-refractivity contribution in [3.63, 3.8) is 0 Å². The van der Waals surface area contributed by atoms with E-state index in [0.29, 0.717) is 0 Å². The van der Waals surface area contributed by atoms with Crippen LogP contribution in [0.15, 0.2) is 4.79 Å². The first-order chi connectivity index (χ1) is 10.6. The largest absolute Gasteiger partial charge is 0.379 e. The number of aromatic amines is 1. The van der Waals surface area contributed by atoms with E-state index in [1.165, 1.54) is 4.88 Å². The molecule has 120 valence electrons. The summed E-state index contributed by atoms with van der Waals surface area (Å²) >= 11 is 3.42. The molecule has 3 rings (SSSR count). The molecule has 0 bridgehead atoms. The Kier molecular flexibility index (Phi) is 5.18. The lowest BCUT2D eigenvalue weighted by atomic mass is 10.2. The molecular formula is C15H21N3O2S2. The fourth-order valence-corrected chi connectivity index (χ4v) is 4.47. The normalized spacial score (nSPS) is 16.5. The standard InChI is InChI=1S/C15H21N3O2S2/c1-10-11(2)22-15-13(10)14(19)16-12(17-15)9-21-8-5-18-3-6-20-7-4-18/h3-9H2,1-2H3,(H,16,17,19). The fourth-order valence-electron chi connectivity index (χ4n) is 2.55. The van der Waals surface area contributed by atoms with Crippen molar-refractivity contribution in [2.24, 2.45) is 0 Å². The Morgan fingerprint density at radius 2 is 2.14 bits per heavy atom. The van der Waals surface area contributed by atoms with E-state index in [9.17, 15) is 4.79 Å². The van der Waals surface area contributed by atoms with Crippen LogP contribution in [0.25, 0.3) is 10.2 Å². The van der Waals surface area contributed by atoms with Crippen LogP contribution in [-0.2, 0) is 10.5 Å². The Bertz CT molecular complexity index is 705. The Labute approximate surface area is 138 Å². The molecule has 0 aromatic carbocycles. The molecule has 0 aliphatic carbocycles. The zero-order chi connectivity index (χ0) is 15.5. The van der Waals surface area contributed by atoms with Gasteiger partial charge in [-0.1, -0.05) is 0 Å². The Hall–Kier alpha value is -0.890. The van der Waals surface area contributed by atoms with Crippen molar-refractivity contribution in [1.29, 1.82) is 0 Å². The number of hydrogen-bond donors (Lipinski definition) is 1. The summed E-state index contributed by atoms with van der Waals surface area (Å²) in [5.74, 6) is 2.58. The van der Waals surface area contributed by atoms with Crippen molar-refractivity contribution in [3.8, 4) is 0 Å². The quantitative estimate of drug-likeness (QED) is 0.846. The topological polar surface area (TPSA) is 58.2 Å². The molecule has 1 aliphatic rings. The van der Waals surface area contributed by atoms with Crippen LogP contribution in [0.4, 0.5) is 0 Å². The maximum absolute atomic E-state index is 12.2. The van der Waals surface area contributed by atoms with E-state index in [4.69, 9.17) is 4.74 Å². The van der Waals surface area contributed by atoms with Gasteiger partial charge in [-0.05, 0) is 19.4 Å². The molecule has 0 saturated carbocycles. The molecule has 2 aromatic rings. The highest BCUT2D eigenvalue weighted by Gasteiger charge is 2.12. The lowest BCUT2D eigenvalue weighted by molar-refractivity contribution is 0.0410. The number of thiophene rings is 1. The van der Waals surface area contributed by atoms with Crippen LogP contribution in [0.2, 0.25) is 0 Å². The Balaban J connectivity index is 1.58. The molecule has 0 radical (unpaired) electrons. The van der Waals surface area contributed by atoms with Crippen LogP contribution >= 0.6 is 23.1 Å². The fraction of sp³-hybridized carbons (Fsp3) is 0.600. The summed E-state index contributed by atoms with van der Waals surface area (Å²) in [6.07, 6.45) is 0. The molecule has 0 spiro atoms. The van der Waals surface area contributed by atoms with Crippen LogP contribution in [-0.4, -0.2) is 53.5 Å². The molecule has 5 nitrogen and oxygen atoms in total. The van der Waals surface area contributed by atoms with Gasteiger partial charge in [-0.25, -0.2) is 4.98 Å². The summed E-state index contributed by atoms with van der Waals surface area (Å²) in [4.78, 5) is 24.2. The van der Waals surface area contributed by atoms with Crippen molar-refractivity contribution in [2.75, 3.05) is 38.6 Å². The minimum Gasteiger partial charge on any atom is -0.379 e. The molecular weight excluding hydrogens is 318 g/mol. The van der Waals surface area contributed by atoms with Gasteiger partial charge in [-0.3, -0.25) is 9.69 Å². The van der Waals surface area contributed by atoms with Crippen LogP contribution in [0, 0.1) is 13.8 Å². The number of nitrogens with one attached hydrogen (secondary N) is 1. The number of ether oxygens (including phenoxy) is 1. The minimum atomic E-state index is -0.00405. The average molecular weight is 339 g/mol. The van der Waals surface area contributed by atoms with Gasteiger partial charge in [-0.2, -0.15) is 11.8 Å². The maximum atomic E-state index is 12.2. The number of nitrogens with zero attached hydrogens (tertiary/aromatic N) is 2. The molecule has 0 atom stereocenters. The predicted octanol–water partition coefficient (Wildman–Crippen LogP) is 2.17. The lowest BCUT2D eigenvalue weighted by Gasteiger charge is -2.26. The molecule has 1 N–H and O–H groups in total. The monoisotopic (exact) mass is 339 g/mol. The number of thioether (sulfide) groups is 1. The summed E-state index contributed by atoms with van der Waals surface area (Å²) in [6, 6.07) is 0. The van der Waals surface area contributed by atoms with E-state index in [2.05, 4.69) is 14.9 Å². The number of aromatic nitrogens is 2. The molecule has 1 saturated heterocycles. The van der Waals surface area contributed by atoms with E-state index in [0.717, 1.165) is 66.0 Å². The lowest BCUT2D eigenvalue weighted by Crippen LogP contribution is -2.37. The molecule has 22 heavy (non-hydrogen) atoms. The summed E-state index contributed by atoms with van der Waals surface area (Å²) in [6.45, 7) is 8.82. The third kappa shape index (κ3) is 3.53. The van der Waals surface area contributed by atoms with E-state index >= 15 is 0 Å². The third-order valence-electron chi connectivity index (χ3n) is 3.98. The summed E-state index contributed by atoms with van der Waals surface area (Å²) < 4.78 is 5.34. The number of morpholine rings is 1. The highest BCUT2D eigenvalue weighted by Crippen LogP contribution is 2.26. The van der Waals surface area contributed by atoms with Gasteiger partial charge in [0.15, 0.2) is 0 Å². The predicted molar refractivity (Wildman–Crippen MR) is 93.1 cm³/mol. The summed E-state index contributed by atoms with van der Waals surface area (Å²) in [7, 11) is 0. The SMILES string of the molecule is Cc1sc2nc(CSCCN3CCOCC3)[nH]c(=O)c2c1C. The van der Waals surface area contributed by atoms with E-state index < -0.39 is 0 Å². The summed E-state index contributed by atoms with van der Waals surface area (Å²) in [5.41, 5.74) is 1.05. The number of H-pyrrole nitrogens is 1. The van der Waals surface area contributed by atoms with Gasteiger partial charge in [0.05, 0.1) is 24.4 Å². The summed E-state index contributed by atoms with van der Waals surface area (Å²) in [5, 5.41) is 0.754. The van der Waals surface area contributed by atoms with Crippen LogP contribution in [0.5, 0.6) is 0 Å². The molecule has 0 amide bonds. The maximum Gasteiger partial charge on any atom is 0.259 e. The van der Waals surface area contributed by atoms with Crippen molar-refractivity contribution in [3.05, 3.63) is 26.6 Å². The van der Waals surface area contributed by atoms with Crippen LogP contribution in [0.1, 0.15) is 16.3 Å². The van der Waals surface area contributed by atoms with Crippen molar-refractivity contribution < 1.29 is 4.74 Å². The van der Waals surface area contributed by atoms with Crippen molar-refractivity contribution in [2.45, 2.75) is 19.6 Å². The van der Waals surface area contributed by atoms with Crippen LogP contribution < -0.4 is 5.56 Å². The van der Waals surface area contributed by atoms with Gasteiger partial charge in [0, 0.05) is 30.3 Å². The molecule has 3 heterocycles. The number of hydrogen-bond acceptors (Lipinski definition) is 6. The molecule has 1 fully saturated rings. The van der Waals surface area contributed by atoms with Gasteiger partial charge in [0.1, 0.15) is 10.7 Å².